The van der Waals surface area contributed by atoms with Crippen molar-refractivity contribution < 1.29 is 19.4 Å². The molecule has 4 rings (SSSR count). The van der Waals surface area contributed by atoms with E-state index in [-0.39, 0.29) is 17.9 Å². The maximum absolute atomic E-state index is 12.7. The number of benzene rings is 1. The molecule has 2 saturated heterocycles. The normalized spacial score (nSPS) is 27.7. The monoisotopic (exact) mass is 439 g/mol. The van der Waals surface area contributed by atoms with Crippen LogP contribution in [0.4, 0.5) is 0 Å². The zero-order valence-corrected chi connectivity index (χ0v) is 17.3. The molecular weight excluding hydrogens is 417 g/mol. The van der Waals surface area contributed by atoms with Gasteiger partial charge < -0.3 is 19.6 Å². The molecule has 0 radical (unpaired) electrons. The van der Waals surface area contributed by atoms with Crippen LogP contribution in [0.15, 0.2) is 36.1 Å². The van der Waals surface area contributed by atoms with E-state index >= 15 is 0 Å². The first-order valence-electron chi connectivity index (χ1n) is 9.69. The number of rotatable bonds is 3. The van der Waals surface area contributed by atoms with Crippen LogP contribution in [0.5, 0.6) is 0 Å². The third-order valence-electron chi connectivity index (χ3n) is 5.66. The molecule has 0 bridgehead atoms. The minimum Gasteiger partial charge on any atom is -0.469 e. The average Bonchev–Trinajstić information content (AvgIpc) is 3.33. The van der Waals surface area contributed by atoms with E-state index in [0.29, 0.717) is 62.0 Å². The summed E-state index contributed by atoms with van der Waals surface area (Å²) in [5, 5.41) is 11.1. The highest BCUT2D eigenvalue weighted by atomic mass is 35.5. The quantitative estimate of drug-likeness (QED) is 0.723. The standard InChI is InChI=1S/C20H23Cl2N3O4/c21-14-3-1-13(2-4-14)19(27)25-11-15(16(26)12-25)23-7-9-24(10-8-23)20(28)17-5-6-18(22)29-17/h1-5,15-16,18,26H,6-12H2/t15-,16-,18?/m0/s1. The molecule has 1 unspecified atom stereocenters. The van der Waals surface area contributed by atoms with Crippen LogP contribution >= 0.6 is 23.2 Å². The molecule has 0 spiro atoms. The largest absolute Gasteiger partial charge is 0.469 e. The zero-order chi connectivity index (χ0) is 20.5. The van der Waals surface area contributed by atoms with Gasteiger partial charge in [0.25, 0.3) is 11.8 Å². The molecule has 0 aromatic heterocycles. The van der Waals surface area contributed by atoms with Gasteiger partial charge >= 0.3 is 0 Å². The number of likely N-dealkylation sites (tertiary alicyclic amines) is 1. The fourth-order valence-corrected chi connectivity index (χ4v) is 4.36. The van der Waals surface area contributed by atoms with Crippen molar-refractivity contribution in [3.63, 3.8) is 0 Å². The van der Waals surface area contributed by atoms with Crippen molar-refractivity contribution in [3.8, 4) is 0 Å². The molecule has 0 saturated carbocycles. The Balaban J connectivity index is 1.32. The molecule has 2 amide bonds. The number of halogens is 2. The fraction of sp³-hybridized carbons (Fsp3) is 0.500. The van der Waals surface area contributed by atoms with Crippen molar-refractivity contribution in [2.75, 3.05) is 39.3 Å². The number of aliphatic hydroxyl groups is 1. The minimum absolute atomic E-state index is 0.113. The van der Waals surface area contributed by atoms with Crippen molar-refractivity contribution in [1.29, 1.82) is 0 Å². The zero-order valence-electron chi connectivity index (χ0n) is 15.8. The number of carbonyl (C=O) groups excluding carboxylic acids is 2. The summed E-state index contributed by atoms with van der Waals surface area (Å²) in [7, 11) is 0. The van der Waals surface area contributed by atoms with Gasteiger partial charge in [-0.15, -0.1) is 0 Å². The Morgan fingerprint density at radius 2 is 1.69 bits per heavy atom. The Morgan fingerprint density at radius 1 is 1.00 bits per heavy atom. The van der Waals surface area contributed by atoms with Gasteiger partial charge in [0.05, 0.1) is 12.1 Å². The summed E-state index contributed by atoms with van der Waals surface area (Å²) in [5.41, 5.74) is 0.0909. The molecule has 3 aliphatic rings. The van der Waals surface area contributed by atoms with Gasteiger partial charge in [-0.05, 0) is 30.3 Å². The Hall–Kier alpha value is -1.80. The van der Waals surface area contributed by atoms with E-state index in [1.54, 1.807) is 40.1 Å². The van der Waals surface area contributed by atoms with Crippen LogP contribution in [-0.4, -0.2) is 88.6 Å². The molecule has 1 aromatic carbocycles. The molecule has 7 nitrogen and oxygen atoms in total. The second-order valence-electron chi connectivity index (χ2n) is 7.51. The lowest BCUT2D eigenvalue weighted by Gasteiger charge is -2.38. The number of carbonyl (C=O) groups is 2. The third-order valence-corrected chi connectivity index (χ3v) is 6.18. The van der Waals surface area contributed by atoms with E-state index in [1.165, 1.54) is 0 Å². The predicted octanol–water partition coefficient (Wildman–Crippen LogP) is 1.54. The number of alkyl halides is 1. The summed E-state index contributed by atoms with van der Waals surface area (Å²) in [4.78, 5) is 30.8. The van der Waals surface area contributed by atoms with E-state index in [2.05, 4.69) is 4.90 Å². The molecular formula is C20H23Cl2N3O4. The second kappa shape index (κ2) is 8.52. The molecule has 2 fully saturated rings. The summed E-state index contributed by atoms with van der Waals surface area (Å²) < 4.78 is 5.34. The highest BCUT2D eigenvalue weighted by Gasteiger charge is 2.39. The molecule has 156 valence electrons. The molecule has 3 heterocycles. The molecule has 1 aromatic rings. The summed E-state index contributed by atoms with van der Waals surface area (Å²) in [6.07, 6.45) is 1.65. The first-order valence-corrected chi connectivity index (χ1v) is 10.5. The van der Waals surface area contributed by atoms with Gasteiger partial charge in [0.1, 0.15) is 0 Å². The van der Waals surface area contributed by atoms with Crippen molar-refractivity contribution >= 4 is 35.0 Å². The Kier molecular flexibility index (Phi) is 6.01. The van der Waals surface area contributed by atoms with Gasteiger partial charge in [0.15, 0.2) is 11.3 Å². The fourth-order valence-electron chi connectivity index (χ4n) is 4.05. The highest BCUT2D eigenvalue weighted by molar-refractivity contribution is 6.30. The number of piperazine rings is 1. The molecule has 0 aliphatic carbocycles. The van der Waals surface area contributed by atoms with Crippen molar-refractivity contribution in [2.24, 2.45) is 0 Å². The number of aliphatic hydroxyl groups excluding tert-OH is 1. The van der Waals surface area contributed by atoms with Gasteiger partial charge in [-0.25, -0.2) is 0 Å². The number of nitrogens with zero attached hydrogens (tertiary/aromatic N) is 3. The van der Waals surface area contributed by atoms with Crippen molar-refractivity contribution in [2.45, 2.75) is 24.1 Å². The number of hydrogen-bond acceptors (Lipinski definition) is 5. The van der Waals surface area contributed by atoms with Gasteiger partial charge in [-0.2, -0.15) is 0 Å². The van der Waals surface area contributed by atoms with Crippen LogP contribution < -0.4 is 0 Å². The Labute approximate surface area is 179 Å². The number of β-amino-alcohol motifs (C(OH)–C–C–N with tert-alkyl or cyclic N) is 1. The topological polar surface area (TPSA) is 73.3 Å². The Morgan fingerprint density at radius 3 is 2.31 bits per heavy atom. The van der Waals surface area contributed by atoms with Gasteiger partial charge in [-0.1, -0.05) is 23.2 Å². The summed E-state index contributed by atoms with van der Waals surface area (Å²) in [6, 6.07) is 6.62. The minimum atomic E-state index is -0.619. The van der Waals surface area contributed by atoms with E-state index in [9.17, 15) is 14.7 Å². The summed E-state index contributed by atoms with van der Waals surface area (Å²) in [6.45, 7) is 3.10. The molecule has 9 heteroatoms. The van der Waals surface area contributed by atoms with Crippen LogP contribution in [0.1, 0.15) is 16.8 Å². The number of amides is 2. The SMILES string of the molecule is O=C(C1=CCC(Cl)O1)N1CCN([C@H]2CN(C(=O)c3ccc(Cl)cc3)C[C@@H]2O)CC1. The lowest BCUT2D eigenvalue weighted by Crippen LogP contribution is -2.55. The predicted molar refractivity (Wildman–Crippen MR) is 109 cm³/mol. The lowest BCUT2D eigenvalue weighted by atomic mass is 10.1. The third kappa shape index (κ3) is 4.38. The number of hydrogen-bond donors (Lipinski definition) is 1. The van der Waals surface area contributed by atoms with Crippen LogP contribution in [0, 0.1) is 0 Å². The average molecular weight is 440 g/mol. The maximum Gasteiger partial charge on any atom is 0.288 e. The highest BCUT2D eigenvalue weighted by Crippen LogP contribution is 2.24. The van der Waals surface area contributed by atoms with E-state index in [0.717, 1.165) is 0 Å². The van der Waals surface area contributed by atoms with Gasteiger partial charge in [0.2, 0.25) is 0 Å². The molecule has 1 N–H and O–H groups in total. The molecule has 29 heavy (non-hydrogen) atoms. The second-order valence-corrected chi connectivity index (χ2v) is 8.44. The van der Waals surface area contributed by atoms with Crippen molar-refractivity contribution in [3.05, 3.63) is 46.7 Å². The summed E-state index contributed by atoms with van der Waals surface area (Å²) >= 11 is 11.8. The van der Waals surface area contributed by atoms with E-state index in [4.69, 9.17) is 27.9 Å². The van der Waals surface area contributed by atoms with E-state index in [1.807, 2.05) is 0 Å². The maximum atomic E-state index is 12.7. The first-order chi connectivity index (χ1) is 13.9. The van der Waals surface area contributed by atoms with Crippen LogP contribution in [0.25, 0.3) is 0 Å². The van der Waals surface area contributed by atoms with Gasteiger partial charge in [-0.3, -0.25) is 14.5 Å². The summed E-state index contributed by atoms with van der Waals surface area (Å²) in [5.74, 6) is 0.0661. The van der Waals surface area contributed by atoms with E-state index < -0.39 is 11.7 Å². The van der Waals surface area contributed by atoms with Crippen LogP contribution in [-0.2, 0) is 9.53 Å². The smallest absolute Gasteiger partial charge is 0.288 e. The van der Waals surface area contributed by atoms with Crippen LogP contribution in [0.3, 0.4) is 0 Å². The lowest BCUT2D eigenvalue weighted by molar-refractivity contribution is -0.132. The van der Waals surface area contributed by atoms with Crippen LogP contribution in [0.2, 0.25) is 5.02 Å². The molecule has 3 atom stereocenters. The van der Waals surface area contributed by atoms with Crippen molar-refractivity contribution in [1.82, 2.24) is 14.7 Å². The molecule has 3 aliphatic heterocycles. The number of ether oxygens (including phenoxy) is 1. The first kappa shape index (κ1) is 20.5. The van der Waals surface area contributed by atoms with Gasteiger partial charge in [0, 0.05) is 56.3 Å². The Bertz CT molecular complexity index is 808.